The lowest BCUT2D eigenvalue weighted by atomic mass is 10.2. The lowest BCUT2D eigenvalue weighted by Gasteiger charge is -2.18. The molecule has 11 heteroatoms. The van der Waals surface area contributed by atoms with Crippen LogP contribution >= 0.6 is 0 Å². The number of hydrogen-bond donors (Lipinski definition) is 1. The van der Waals surface area contributed by atoms with Gasteiger partial charge in [0.05, 0.1) is 18.1 Å². The van der Waals surface area contributed by atoms with Crippen LogP contribution in [0.25, 0.3) is 22.6 Å². The van der Waals surface area contributed by atoms with Crippen LogP contribution in [0.1, 0.15) is 26.3 Å². The van der Waals surface area contributed by atoms with Crippen LogP contribution in [-0.4, -0.2) is 50.7 Å². The molecule has 5 aromatic rings. The number of hydrogen-bond acceptors (Lipinski definition) is 8. The molecular weight excluding hydrogens is 572 g/mol. The summed E-state index contributed by atoms with van der Waals surface area (Å²) in [6.45, 7) is 13.9. The highest BCUT2D eigenvalue weighted by molar-refractivity contribution is 6.76. The van der Waals surface area contributed by atoms with Gasteiger partial charge in [-0.2, -0.15) is 9.78 Å². The van der Waals surface area contributed by atoms with Crippen molar-refractivity contribution in [3.8, 4) is 17.1 Å². The lowest BCUT2D eigenvalue weighted by molar-refractivity contribution is 0.0514. The number of aromatic nitrogens is 5. The molecule has 0 radical (unpaired) electrons. The zero-order valence-electron chi connectivity index (χ0n) is 26.2. The summed E-state index contributed by atoms with van der Waals surface area (Å²) in [4.78, 5) is 22.2. The lowest BCUT2D eigenvalue weighted by Crippen LogP contribution is -2.27. The first-order valence-electron chi connectivity index (χ1n) is 14.7. The number of ether oxygens (including phenoxy) is 3. The van der Waals surface area contributed by atoms with Gasteiger partial charge in [0.15, 0.2) is 5.65 Å². The number of carbonyl (C=O) groups excluding carboxylic acids is 1. The maximum Gasteiger partial charge on any atom is 0.435 e. The van der Waals surface area contributed by atoms with Gasteiger partial charge in [0, 0.05) is 20.2 Å². The molecule has 3 aromatic heterocycles. The fourth-order valence-electron chi connectivity index (χ4n) is 4.33. The van der Waals surface area contributed by atoms with Crippen LogP contribution in [0.4, 0.5) is 16.3 Å². The molecule has 0 fully saturated rings. The second kappa shape index (κ2) is 13.0. The number of nitrogens with zero attached hydrogens (tertiary/aromatic N) is 5. The number of fused-ring (bicyclic) bond motifs is 1. The van der Waals surface area contributed by atoms with Gasteiger partial charge in [0.2, 0.25) is 0 Å². The molecule has 5 rings (SSSR count). The molecule has 0 aliphatic heterocycles. The summed E-state index contributed by atoms with van der Waals surface area (Å²) in [5.41, 5.74) is 3.45. The third-order valence-corrected chi connectivity index (χ3v) is 8.31. The molecule has 10 nitrogen and oxygen atoms in total. The Morgan fingerprint density at radius 1 is 0.955 bits per heavy atom. The number of rotatable bonds is 11. The van der Waals surface area contributed by atoms with Crippen molar-refractivity contribution in [2.75, 3.05) is 11.9 Å². The second-order valence-electron chi connectivity index (χ2n) is 12.8. The van der Waals surface area contributed by atoms with Crippen molar-refractivity contribution < 1.29 is 19.0 Å². The van der Waals surface area contributed by atoms with Crippen molar-refractivity contribution in [1.29, 1.82) is 0 Å². The normalized spacial score (nSPS) is 12.0. The first kappa shape index (κ1) is 31.0. The molecule has 1 N–H and O–H groups in total. The molecule has 44 heavy (non-hydrogen) atoms. The van der Waals surface area contributed by atoms with Crippen LogP contribution in [-0.2, 0) is 22.8 Å². The standard InChI is InChI=1S/C33H40N6O4Si/c1-33(2,3)43-32(40)39-21-26(20-34-39)35-29-17-16-28-31(37-29)38(23-41-18-19-44(4,5)6)30(36-28)25-12-14-27(15-13-25)42-22-24-10-8-7-9-11-24/h7-17,20-21H,18-19,22-23H2,1-6H3,(H,35,37). The summed E-state index contributed by atoms with van der Waals surface area (Å²) in [6, 6.07) is 22.8. The zero-order valence-corrected chi connectivity index (χ0v) is 27.2. The summed E-state index contributed by atoms with van der Waals surface area (Å²) in [6.07, 6.45) is 2.58. The predicted molar refractivity (Wildman–Crippen MR) is 175 cm³/mol. The average Bonchev–Trinajstić information content (AvgIpc) is 3.58. The van der Waals surface area contributed by atoms with E-state index in [4.69, 9.17) is 24.2 Å². The molecule has 0 spiro atoms. The van der Waals surface area contributed by atoms with Crippen LogP contribution in [0.2, 0.25) is 25.7 Å². The maximum atomic E-state index is 12.4. The number of carbonyl (C=O) groups is 1. The Kier molecular flexibility index (Phi) is 9.16. The van der Waals surface area contributed by atoms with Gasteiger partial charge in [-0.3, -0.25) is 4.57 Å². The Balaban J connectivity index is 1.38. The third kappa shape index (κ3) is 8.33. The largest absolute Gasteiger partial charge is 0.489 e. The van der Waals surface area contributed by atoms with Crippen molar-refractivity contribution in [2.24, 2.45) is 0 Å². The molecule has 0 amide bonds. The highest BCUT2D eigenvalue weighted by Gasteiger charge is 2.20. The Labute approximate surface area is 259 Å². The van der Waals surface area contributed by atoms with Crippen molar-refractivity contribution in [3.05, 3.63) is 84.7 Å². The Bertz CT molecular complexity index is 1700. The molecule has 0 unspecified atom stereocenters. The quantitative estimate of drug-likeness (QED) is 0.119. The maximum absolute atomic E-state index is 12.4. The monoisotopic (exact) mass is 612 g/mol. The number of nitrogens with one attached hydrogen (secondary N) is 1. The molecular formula is C33H40N6O4Si. The van der Waals surface area contributed by atoms with E-state index in [1.807, 2.05) is 92.1 Å². The average molecular weight is 613 g/mol. The van der Waals surface area contributed by atoms with Gasteiger partial charge >= 0.3 is 6.09 Å². The van der Waals surface area contributed by atoms with E-state index < -0.39 is 19.8 Å². The minimum absolute atomic E-state index is 0.315. The van der Waals surface area contributed by atoms with Crippen molar-refractivity contribution in [3.63, 3.8) is 0 Å². The van der Waals surface area contributed by atoms with E-state index in [1.54, 1.807) is 12.4 Å². The van der Waals surface area contributed by atoms with Crippen LogP contribution in [0, 0.1) is 0 Å². The summed E-state index contributed by atoms with van der Waals surface area (Å²) in [7, 11) is -1.25. The van der Waals surface area contributed by atoms with Gasteiger partial charge in [-0.25, -0.2) is 14.8 Å². The van der Waals surface area contributed by atoms with Crippen LogP contribution < -0.4 is 10.1 Å². The molecule has 0 aliphatic rings. The molecule has 0 bridgehead atoms. The van der Waals surface area contributed by atoms with Crippen LogP contribution in [0.15, 0.2) is 79.1 Å². The van der Waals surface area contributed by atoms with E-state index >= 15 is 0 Å². The smallest absolute Gasteiger partial charge is 0.435 e. The highest BCUT2D eigenvalue weighted by Crippen LogP contribution is 2.28. The topological polar surface area (TPSA) is 105 Å². The summed E-state index contributed by atoms with van der Waals surface area (Å²) < 4.78 is 20.7. The van der Waals surface area contributed by atoms with Gasteiger partial charge in [-0.15, -0.1) is 0 Å². The van der Waals surface area contributed by atoms with Gasteiger partial charge in [0.25, 0.3) is 0 Å². The second-order valence-corrected chi connectivity index (χ2v) is 18.4. The molecule has 3 heterocycles. The van der Waals surface area contributed by atoms with Gasteiger partial charge < -0.3 is 19.5 Å². The van der Waals surface area contributed by atoms with E-state index in [0.717, 1.165) is 38.9 Å². The fraction of sp³-hybridized carbons (Fsp3) is 0.333. The van der Waals surface area contributed by atoms with Crippen LogP contribution in [0.3, 0.4) is 0 Å². The fourth-order valence-corrected chi connectivity index (χ4v) is 5.09. The van der Waals surface area contributed by atoms with Crippen molar-refractivity contribution in [2.45, 2.75) is 65.4 Å². The summed E-state index contributed by atoms with van der Waals surface area (Å²) in [5.74, 6) is 2.12. The van der Waals surface area contributed by atoms with E-state index in [2.05, 4.69) is 30.1 Å². The molecule has 230 valence electrons. The zero-order chi connectivity index (χ0) is 31.3. The van der Waals surface area contributed by atoms with E-state index in [0.29, 0.717) is 37.1 Å². The third-order valence-electron chi connectivity index (χ3n) is 6.61. The van der Waals surface area contributed by atoms with Crippen molar-refractivity contribution in [1.82, 2.24) is 24.3 Å². The summed E-state index contributed by atoms with van der Waals surface area (Å²) in [5, 5.41) is 7.37. The first-order chi connectivity index (χ1) is 20.9. The van der Waals surface area contributed by atoms with Gasteiger partial charge in [0.1, 0.15) is 41.8 Å². The predicted octanol–water partition coefficient (Wildman–Crippen LogP) is 7.71. The Morgan fingerprint density at radius 2 is 1.70 bits per heavy atom. The highest BCUT2D eigenvalue weighted by atomic mass is 28.3. The Morgan fingerprint density at radius 3 is 2.41 bits per heavy atom. The van der Waals surface area contributed by atoms with Gasteiger partial charge in [-0.05, 0) is 68.8 Å². The molecule has 2 aromatic carbocycles. The van der Waals surface area contributed by atoms with Crippen molar-refractivity contribution >= 4 is 36.8 Å². The molecule has 0 saturated carbocycles. The minimum atomic E-state index is -1.25. The molecule has 0 aliphatic carbocycles. The number of benzene rings is 2. The molecule has 0 saturated heterocycles. The van der Waals surface area contributed by atoms with E-state index in [9.17, 15) is 4.79 Å². The number of imidazole rings is 1. The molecule has 0 atom stereocenters. The number of anilines is 2. The summed E-state index contributed by atoms with van der Waals surface area (Å²) >= 11 is 0. The first-order valence-corrected chi connectivity index (χ1v) is 18.4. The number of pyridine rings is 1. The van der Waals surface area contributed by atoms with Crippen LogP contribution in [0.5, 0.6) is 5.75 Å². The SMILES string of the molecule is CC(C)(C)OC(=O)n1cc(Nc2ccc3nc(-c4ccc(OCc5ccccc5)cc4)n(COCC[Si](C)(C)C)c3n2)cn1. The van der Waals surface area contributed by atoms with E-state index in [1.165, 1.54) is 0 Å². The Hall–Kier alpha value is -4.48. The van der Waals surface area contributed by atoms with Gasteiger partial charge in [-0.1, -0.05) is 50.0 Å². The minimum Gasteiger partial charge on any atom is -0.489 e. The van der Waals surface area contributed by atoms with E-state index in [-0.39, 0.29) is 0 Å².